The van der Waals surface area contributed by atoms with E-state index in [0.717, 1.165) is 23.2 Å². The second kappa shape index (κ2) is 4.08. The topological polar surface area (TPSA) is 102 Å². The fourth-order valence-electron chi connectivity index (χ4n) is 1.89. The number of hydrogen-bond acceptors (Lipinski definition) is 5. The van der Waals surface area contributed by atoms with Crippen LogP contribution in [0.3, 0.4) is 0 Å². The van der Waals surface area contributed by atoms with Crippen molar-refractivity contribution in [2.24, 2.45) is 0 Å². The average molecular weight is 263 g/mol. The zero-order valence-electron chi connectivity index (χ0n) is 10.3. The highest BCUT2D eigenvalue weighted by molar-refractivity contribution is 5.66. The molecule has 0 bridgehead atoms. The van der Waals surface area contributed by atoms with E-state index in [4.69, 9.17) is 5.11 Å². The van der Waals surface area contributed by atoms with Crippen LogP contribution in [-0.4, -0.2) is 36.3 Å². The van der Waals surface area contributed by atoms with Crippen LogP contribution < -0.4 is 11.0 Å². The van der Waals surface area contributed by atoms with Crippen molar-refractivity contribution in [2.75, 3.05) is 5.32 Å². The quantitative estimate of drug-likeness (QED) is 0.796. The molecule has 0 amide bonds. The number of carbonyl (C=O) groups is 1. The van der Waals surface area contributed by atoms with Crippen molar-refractivity contribution < 1.29 is 9.90 Å². The Balaban J connectivity index is 2.15. The molecule has 19 heavy (non-hydrogen) atoms. The first-order valence-corrected chi connectivity index (χ1v) is 6.00. The Hall–Kier alpha value is -2.38. The highest BCUT2D eigenvalue weighted by atomic mass is 16.4. The zero-order chi connectivity index (χ0) is 13.6. The summed E-state index contributed by atoms with van der Waals surface area (Å²) in [7, 11) is 0. The van der Waals surface area contributed by atoms with Crippen LogP contribution in [0.25, 0.3) is 5.65 Å². The normalized spacial score (nSPS) is 14.8. The second-order valence-electron chi connectivity index (χ2n) is 4.67. The van der Waals surface area contributed by atoms with Crippen molar-refractivity contribution in [3.8, 4) is 0 Å². The lowest BCUT2D eigenvalue weighted by atomic mass is 10.4. The molecule has 0 saturated heterocycles. The van der Waals surface area contributed by atoms with Gasteiger partial charge in [0.15, 0.2) is 5.65 Å². The van der Waals surface area contributed by atoms with Crippen molar-refractivity contribution in [1.82, 2.24) is 19.2 Å². The van der Waals surface area contributed by atoms with Gasteiger partial charge in [-0.25, -0.2) is 18.9 Å². The number of aromatic nitrogens is 4. The molecule has 2 heterocycles. The molecule has 100 valence electrons. The first-order chi connectivity index (χ1) is 9.04. The van der Waals surface area contributed by atoms with E-state index in [2.05, 4.69) is 15.4 Å². The maximum absolute atomic E-state index is 12.1. The van der Waals surface area contributed by atoms with Crippen LogP contribution in [0.2, 0.25) is 0 Å². The highest BCUT2D eigenvalue weighted by Crippen LogP contribution is 2.23. The Morgan fingerprint density at radius 1 is 1.58 bits per heavy atom. The molecule has 0 spiro atoms. The number of carboxylic acid groups (broad SMARTS) is 1. The van der Waals surface area contributed by atoms with E-state index in [-0.39, 0.29) is 0 Å². The lowest BCUT2D eigenvalue weighted by molar-refractivity contribution is -0.137. The van der Waals surface area contributed by atoms with Gasteiger partial charge in [0.05, 0.1) is 0 Å². The van der Waals surface area contributed by atoms with E-state index in [9.17, 15) is 9.59 Å². The van der Waals surface area contributed by atoms with Crippen molar-refractivity contribution in [2.45, 2.75) is 32.4 Å². The van der Waals surface area contributed by atoms with E-state index in [1.807, 2.05) is 0 Å². The summed E-state index contributed by atoms with van der Waals surface area (Å²) in [6.07, 6.45) is 2.10. The second-order valence-corrected chi connectivity index (χ2v) is 4.67. The van der Waals surface area contributed by atoms with Crippen LogP contribution in [0.15, 0.2) is 10.9 Å². The molecule has 1 aliphatic rings. The summed E-state index contributed by atoms with van der Waals surface area (Å²) >= 11 is 0. The van der Waals surface area contributed by atoms with Crippen molar-refractivity contribution in [1.29, 1.82) is 0 Å². The van der Waals surface area contributed by atoms with Crippen LogP contribution in [0.4, 0.5) is 5.95 Å². The number of carboxylic acids is 1. The number of hydrogen-bond donors (Lipinski definition) is 2. The lowest BCUT2D eigenvalue weighted by Gasteiger charge is -2.05. The van der Waals surface area contributed by atoms with Gasteiger partial charge < -0.3 is 10.4 Å². The van der Waals surface area contributed by atoms with Gasteiger partial charge in [0.25, 0.3) is 0 Å². The third-order valence-corrected chi connectivity index (χ3v) is 2.89. The molecule has 1 fully saturated rings. The van der Waals surface area contributed by atoms with Crippen LogP contribution >= 0.6 is 0 Å². The van der Waals surface area contributed by atoms with Gasteiger partial charge in [0.1, 0.15) is 6.54 Å². The van der Waals surface area contributed by atoms with Gasteiger partial charge in [0.2, 0.25) is 5.95 Å². The Kier molecular flexibility index (Phi) is 2.51. The van der Waals surface area contributed by atoms with Gasteiger partial charge in [0, 0.05) is 17.8 Å². The summed E-state index contributed by atoms with van der Waals surface area (Å²) in [6, 6.07) is 1.99. The van der Waals surface area contributed by atoms with Gasteiger partial charge in [-0.15, -0.1) is 5.10 Å². The number of anilines is 1. The first kappa shape index (κ1) is 11.7. The molecular weight excluding hydrogens is 250 g/mol. The molecule has 0 atom stereocenters. The van der Waals surface area contributed by atoms with Gasteiger partial charge in [-0.1, -0.05) is 0 Å². The number of fused-ring (bicyclic) bond motifs is 1. The molecule has 0 radical (unpaired) electrons. The molecular formula is C11H13N5O3. The van der Waals surface area contributed by atoms with E-state index >= 15 is 0 Å². The zero-order valence-corrected chi connectivity index (χ0v) is 10.3. The lowest BCUT2D eigenvalue weighted by Crippen LogP contribution is -2.26. The first-order valence-electron chi connectivity index (χ1n) is 6.00. The van der Waals surface area contributed by atoms with Crippen molar-refractivity contribution in [3.63, 3.8) is 0 Å². The maximum Gasteiger partial charge on any atom is 0.353 e. The predicted molar refractivity (Wildman–Crippen MR) is 66.3 cm³/mol. The van der Waals surface area contributed by atoms with E-state index in [0.29, 0.717) is 17.6 Å². The minimum Gasteiger partial charge on any atom is -0.480 e. The molecule has 1 saturated carbocycles. The Morgan fingerprint density at radius 3 is 2.95 bits per heavy atom. The van der Waals surface area contributed by atoms with Crippen LogP contribution in [0.5, 0.6) is 0 Å². The van der Waals surface area contributed by atoms with Crippen LogP contribution in [0, 0.1) is 6.92 Å². The van der Waals surface area contributed by atoms with Gasteiger partial charge in [-0.3, -0.25) is 4.79 Å². The number of nitrogens with one attached hydrogen (secondary N) is 1. The molecule has 0 unspecified atom stereocenters. The standard InChI is InChI=1S/C11H13N5O3/c1-6-4-8-14-15(5-9(17)18)11(19)16(8)10(12-6)13-7-2-3-7/h4,7H,2-3,5H2,1H3,(H,12,13)(H,17,18). The fourth-order valence-corrected chi connectivity index (χ4v) is 1.89. The van der Waals surface area contributed by atoms with Crippen molar-refractivity contribution in [3.05, 3.63) is 22.2 Å². The molecule has 8 nitrogen and oxygen atoms in total. The van der Waals surface area contributed by atoms with Crippen LogP contribution in [0.1, 0.15) is 18.5 Å². The van der Waals surface area contributed by atoms with Crippen molar-refractivity contribution >= 4 is 17.6 Å². The maximum atomic E-state index is 12.1. The fraction of sp³-hybridized carbons (Fsp3) is 0.455. The summed E-state index contributed by atoms with van der Waals surface area (Å²) < 4.78 is 2.24. The predicted octanol–water partition coefficient (Wildman–Crippen LogP) is -0.142. The molecule has 3 rings (SSSR count). The van der Waals surface area contributed by atoms with E-state index < -0.39 is 18.2 Å². The largest absolute Gasteiger partial charge is 0.480 e. The summed E-state index contributed by atoms with van der Waals surface area (Å²) in [6.45, 7) is 1.35. The van der Waals surface area contributed by atoms with Gasteiger partial charge in [-0.2, -0.15) is 0 Å². The molecule has 1 aliphatic carbocycles. The molecule has 2 aromatic rings. The molecule has 2 aromatic heterocycles. The summed E-state index contributed by atoms with van der Waals surface area (Å²) in [4.78, 5) is 27.1. The summed E-state index contributed by atoms with van der Waals surface area (Å²) in [5.74, 6) is -0.675. The van der Waals surface area contributed by atoms with E-state index in [1.54, 1.807) is 13.0 Å². The summed E-state index contributed by atoms with van der Waals surface area (Å²) in [5, 5.41) is 15.9. The van der Waals surface area contributed by atoms with E-state index in [1.165, 1.54) is 4.40 Å². The smallest absolute Gasteiger partial charge is 0.353 e. The minimum atomic E-state index is -1.10. The number of rotatable bonds is 4. The Bertz CT molecular complexity index is 713. The molecule has 0 aliphatic heterocycles. The summed E-state index contributed by atoms with van der Waals surface area (Å²) in [5.41, 5.74) is 0.637. The Labute approximate surface area is 107 Å². The van der Waals surface area contributed by atoms with Gasteiger partial charge in [-0.05, 0) is 19.8 Å². The Morgan fingerprint density at radius 2 is 2.32 bits per heavy atom. The monoisotopic (exact) mass is 263 g/mol. The highest BCUT2D eigenvalue weighted by Gasteiger charge is 2.24. The van der Waals surface area contributed by atoms with Crippen LogP contribution in [-0.2, 0) is 11.3 Å². The third-order valence-electron chi connectivity index (χ3n) is 2.89. The molecule has 8 heteroatoms. The number of nitrogens with zero attached hydrogens (tertiary/aromatic N) is 4. The molecule has 2 N–H and O–H groups in total. The minimum absolute atomic E-state index is 0.340. The number of aliphatic carboxylic acids is 1. The third kappa shape index (κ3) is 2.16. The molecule has 0 aromatic carbocycles. The number of aryl methyl sites for hydroxylation is 1. The SMILES string of the molecule is Cc1cc2nn(CC(=O)O)c(=O)n2c(NC2CC2)n1. The average Bonchev–Trinajstić information content (AvgIpc) is 3.05. The van der Waals surface area contributed by atoms with Gasteiger partial charge >= 0.3 is 11.7 Å².